The van der Waals surface area contributed by atoms with E-state index < -0.39 is 5.82 Å². The van der Waals surface area contributed by atoms with Gasteiger partial charge in [0.15, 0.2) is 5.76 Å². The van der Waals surface area contributed by atoms with Crippen molar-refractivity contribution in [3.63, 3.8) is 0 Å². The molecule has 3 heteroatoms. The van der Waals surface area contributed by atoms with Crippen LogP contribution in [0.5, 0.6) is 5.75 Å². The Morgan fingerprint density at radius 2 is 2.07 bits per heavy atom. The van der Waals surface area contributed by atoms with Crippen LogP contribution in [0.1, 0.15) is 12.8 Å². The van der Waals surface area contributed by atoms with Crippen LogP contribution in [0.2, 0.25) is 0 Å². The lowest BCUT2D eigenvalue weighted by molar-refractivity contribution is 0.398. The number of hydrogen-bond acceptors (Lipinski definition) is 1. The van der Waals surface area contributed by atoms with E-state index in [0.717, 1.165) is 0 Å². The van der Waals surface area contributed by atoms with Crippen LogP contribution in [0.3, 0.4) is 0 Å². The normalized spacial score (nSPS) is 15.6. The highest BCUT2D eigenvalue weighted by Crippen LogP contribution is 2.23. The van der Waals surface area contributed by atoms with Gasteiger partial charge in [-0.2, -0.15) is 0 Å². The number of ether oxygens (including phenoxy) is 1. The molecule has 1 aromatic rings. The summed E-state index contributed by atoms with van der Waals surface area (Å²) < 4.78 is 31.3. The van der Waals surface area contributed by atoms with Gasteiger partial charge in [0.25, 0.3) is 0 Å². The van der Waals surface area contributed by atoms with Crippen molar-refractivity contribution in [1.29, 1.82) is 0 Å². The van der Waals surface area contributed by atoms with Crippen molar-refractivity contribution in [3.8, 4) is 5.75 Å². The molecule has 0 aromatic heterocycles. The first-order valence-electron chi connectivity index (χ1n) is 4.74. The van der Waals surface area contributed by atoms with Gasteiger partial charge in [-0.15, -0.1) is 0 Å². The minimum atomic E-state index is -0.395. The first-order valence-corrected chi connectivity index (χ1v) is 4.74. The van der Waals surface area contributed by atoms with Crippen molar-refractivity contribution in [3.05, 3.63) is 53.8 Å². The molecule has 1 aliphatic rings. The van der Waals surface area contributed by atoms with Gasteiger partial charge in [-0.25, -0.2) is 8.78 Å². The summed E-state index contributed by atoms with van der Waals surface area (Å²) in [6.45, 7) is 0. The molecule has 0 spiro atoms. The summed E-state index contributed by atoms with van der Waals surface area (Å²) >= 11 is 0. The highest BCUT2D eigenvalue weighted by molar-refractivity contribution is 5.29. The van der Waals surface area contributed by atoms with Crippen molar-refractivity contribution < 1.29 is 13.5 Å². The zero-order valence-electron chi connectivity index (χ0n) is 8.04. The topological polar surface area (TPSA) is 9.23 Å². The Kier molecular flexibility index (Phi) is 2.81. The first kappa shape index (κ1) is 9.90. The van der Waals surface area contributed by atoms with Crippen LogP contribution in [-0.4, -0.2) is 0 Å². The Hall–Kier alpha value is -1.64. The summed E-state index contributed by atoms with van der Waals surface area (Å²) in [7, 11) is 0. The molecule has 0 heterocycles. The summed E-state index contributed by atoms with van der Waals surface area (Å²) in [6, 6.07) is 5.65. The maximum absolute atomic E-state index is 13.2. The number of hydrogen-bond donors (Lipinski definition) is 0. The SMILES string of the molecule is FC1=C(Oc2cccc(F)c2)C=CCC1. The van der Waals surface area contributed by atoms with E-state index in [1.54, 1.807) is 12.1 Å². The molecular formula is C12H10F2O. The fraction of sp³-hybridized carbons (Fsp3) is 0.167. The van der Waals surface area contributed by atoms with E-state index in [2.05, 4.69) is 0 Å². The Labute approximate surface area is 86.7 Å². The van der Waals surface area contributed by atoms with Crippen LogP contribution in [0.25, 0.3) is 0 Å². The molecule has 0 radical (unpaired) electrons. The quantitative estimate of drug-likeness (QED) is 0.719. The number of halogens is 2. The number of allylic oxidation sites excluding steroid dienone is 3. The molecule has 1 aliphatic carbocycles. The van der Waals surface area contributed by atoms with Gasteiger partial charge in [-0.3, -0.25) is 0 Å². The standard InChI is InChI=1S/C12H10F2O/c13-9-4-3-5-10(8-9)15-12-7-2-1-6-11(12)14/h2-5,7-8H,1,6H2. The van der Waals surface area contributed by atoms with E-state index in [0.29, 0.717) is 18.6 Å². The largest absolute Gasteiger partial charge is 0.455 e. The monoisotopic (exact) mass is 208 g/mol. The Morgan fingerprint density at radius 3 is 2.80 bits per heavy atom. The summed E-state index contributed by atoms with van der Waals surface area (Å²) in [5.41, 5.74) is 0. The summed E-state index contributed by atoms with van der Waals surface area (Å²) in [5.74, 6) is -0.200. The smallest absolute Gasteiger partial charge is 0.158 e. The van der Waals surface area contributed by atoms with Crippen LogP contribution in [0.4, 0.5) is 8.78 Å². The summed E-state index contributed by atoms with van der Waals surface area (Å²) in [5, 5.41) is 0. The van der Waals surface area contributed by atoms with Gasteiger partial charge in [0.2, 0.25) is 0 Å². The molecule has 1 nitrogen and oxygen atoms in total. The van der Waals surface area contributed by atoms with E-state index in [1.807, 2.05) is 6.08 Å². The molecule has 2 rings (SSSR count). The van der Waals surface area contributed by atoms with Crippen molar-refractivity contribution in [2.24, 2.45) is 0 Å². The molecule has 0 unspecified atom stereocenters. The molecule has 0 saturated carbocycles. The second kappa shape index (κ2) is 4.26. The Morgan fingerprint density at radius 1 is 1.20 bits per heavy atom. The van der Waals surface area contributed by atoms with E-state index in [9.17, 15) is 8.78 Å². The van der Waals surface area contributed by atoms with Crippen molar-refractivity contribution in [2.75, 3.05) is 0 Å². The molecule has 0 atom stereocenters. The maximum atomic E-state index is 13.2. The molecule has 15 heavy (non-hydrogen) atoms. The average Bonchev–Trinajstić information content (AvgIpc) is 2.22. The van der Waals surface area contributed by atoms with Crippen LogP contribution >= 0.6 is 0 Å². The van der Waals surface area contributed by atoms with Gasteiger partial charge in [0.1, 0.15) is 17.4 Å². The van der Waals surface area contributed by atoms with Gasteiger partial charge in [0.05, 0.1) is 0 Å². The van der Waals surface area contributed by atoms with Gasteiger partial charge >= 0.3 is 0 Å². The van der Waals surface area contributed by atoms with Crippen molar-refractivity contribution in [1.82, 2.24) is 0 Å². The van der Waals surface area contributed by atoms with Gasteiger partial charge in [0, 0.05) is 12.5 Å². The van der Waals surface area contributed by atoms with Gasteiger partial charge in [-0.05, 0) is 24.6 Å². The van der Waals surface area contributed by atoms with Crippen LogP contribution in [0, 0.1) is 5.82 Å². The predicted octanol–water partition coefficient (Wildman–Crippen LogP) is 3.74. The zero-order chi connectivity index (χ0) is 10.7. The molecule has 0 aliphatic heterocycles. The number of benzene rings is 1. The lowest BCUT2D eigenvalue weighted by atomic mass is 10.1. The second-order valence-electron chi connectivity index (χ2n) is 3.27. The van der Waals surface area contributed by atoms with E-state index in [-0.39, 0.29) is 11.6 Å². The van der Waals surface area contributed by atoms with Crippen LogP contribution in [-0.2, 0) is 0 Å². The lowest BCUT2D eigenvalue weighted by Gasteiger charge is -2.11. The Bertz CT molecular complexity index is 421. The van der Waals surface area contributed by atoms with E-state index >= 15 is 0 Å². The molecule has 0 bridgehead atoms. The second-order valence-corrected chi connectivity index (χ2v) is 3.27. The number of rotatable bonds is 2. The predicted molar refractivity (Wildman–Crippen MR) is 53.5 cm³/mol. The van der Waals surface area contributed by atoms with Gasteiger partial charge in [-0.1, -0.05) is 12.1 Å². The minimum Gasteiger partial charge on any atom is -0.455 e. The first-order chi connectivity index (χ1) is 7.25. The van der Waals surface area contributed by atoms with Crippen molar-refractivity contribution in [2.45, 2.75) is 12.8 Å². The van der Waals surface area contributed by atoms with Crippen LogP contribution in [0.15, 0.2) is 48.0 Å². The molecule has 0 saturated heterocycles. The van der Waals surface area contributed by atoms with E-state index in [4.69, 9.17) is 4.74 Å². The third-order valence-corrected chi connectivity index (χ3v) is 2.09. The Balaban J connectivity index is 2.18. The maximum Gasteiger partial charge on any atom is 0.158 e. The molecule has 0 amide bonds. The van der Waals surface area contributed by atoms with Crippen molar-refractivity contribution >= 4 is 0 Å². The molecular weight excluding hydrogens is 198 g/mol. The zero-order valence-corrected chi connectivity index (χ0v) is 8.04. The summed E-state index contributed by atoms with van der Waals surface area (Å²) in [4.78, 5) is 0. The highest BCUT2D eigenvalue weighted by atomic mass is 19.1. The van der Waals surface area contributed by atoms with Gasteiger partial charge < -0.3 is 4.74 Å². The fourth-order valence-electron chi connectivity index (χ4n) is 1.36. The lowest BCUT2D eigenvalue weighted by Crippen LogP contribution is -1.99. The molecule has 1 aromatic carbocycles. The minimum absolute atomic E-state index is 0.173. The van der Waals surface area contributed by atoms with Crippen LogP contribution < -0.4 is 4.74 Å². The highest BCUT2D eigenvalue weighted by Gasteiger charge is 2.10. The summed E-state index contributed by atoms with van der Waals surface area (Å²) in [6.07, 6.45) is 4.43. The molecule has 78 valence electrons. The average molecular weight is 208 g/mol. The third kappa shape index (κ3) is 2.43. The third-order valence-electron chi connectivity index (χ3n) is 2.09. The fourth-order valence-corrected chi connectivity index (χ4v) is 1.36. The van der Waals surface area contributed by atoms with E-state index in [1.165, 1.54) is 18.2 Å². The molecule has 0 fully saturated rings. The molecule has 0 N–H and O–H groups in total.